The average molecular weight is 204 g/mol. The maximum atomic E-state index is 7.00. The van der Waals surface area contributed by atoms with E-state index < -0.39 is 0 Å². The number of benzene rings is 1. The van der Waals surface area contributed by atoms with Gasteiger partial charge in [0.05, 0.1) is 6.54 Å². The number of nitrogens with zero attached hydrogens (tertiary/aromatic N) is 3. The topological polar surface area (TPSA) is 71.2 Å². The van der Waals surface area contributed by atoms with Crippen LogP contribution >= 0.6 is 0 Å². The molecule has 1 aromatic carbocycles. The Kier molecular flexibility index (Phi) is 5.14. The van der Waals surface area contributed by atoms with Gasteiger partial charge in [-0.3, -0.25) is 0 Å². The molecule has 0 aliphatic rings. The Bertz CT molecular complexity index is 353. The van der Waals surface area contributed by atoms with Gasteiger partial charge in [-0.25, -0.2) is 9.67 Å². The number of hydrogen-bond acceptors (Lipinski definition) is 4. The zero-order valence-electron chi connectivity index (χ0n) is 8.06. The van der Waals surface area contributed by atoms with Crippen molar-refractivity contribution in [3.8, 4) is 0 Å². The molecular formula is C9H11BN3O2. The van der Waals surface area contributed by atoms with Crippen LogP contribution in [0, 0.1) is 0 Å². The minimum Gasteiger partial charge on any atom is -0.429 e. The van der Waals surface area contributed by atoms with Gasteiger partial charge in [-0.05, 0) is 5.56 Å². The van der Waals surface area contributed by atoms with Crippen LogP contribution in [0.25, 0.3) is 0 Å². The van der Waals surface area contributed by atoms with Crippen molar-refractivity contribution in [2.45, 2.75) is 6.54 Å². The SMILES string of the molecule is O[B]O.c1ccc(Cn2cncn2)cc1. The molecule has 0 bridgehead atoms. The Morgan fingerprint density at radius 3 is 2.40 bits per heavy atom. The largest absolute Gasteiger partial charge is 0.482 e. The lowest BCUT2D eigenvalue weighted by molar-refractivity contribution is 0.448. The molecule has 0 spiro atoms. The van der Waals surface area contributed by atoms with Crippen molar-refractivity contribution in [2.24, 2.45) is 0 Å². The van der Waals surface area contributed by atoms with Crippen LogP contribution in [0.2, 0.25) is 0 Å². The maximum absolute atomic E-state index is 7.00. The molecule has 0 amide bonds. The zero-order chi connectivity index (χ0) is 10.9. The monoisotopic (exact) mass is 204 g/mol. The predicted molar refractivity (Wildman–Crippen MR) is 55.8 cm³/mol. The van der Waals surface area contributed by atoms with Gasteiger partial charge in [0.25, 0.3) is 0 Å². The van der Waals surface area contributed by atoms with Gasteiger partial charge in [-0.15, -0.1) is 0 Å². The second-order valence-electron chi connectivity index (χ2n) is 2.69. The van der Waals surface area contributed by atoms with Crippen molar-refractivity contribution in [3.63, 3.8) is 0 Å². The fraction of sp³-hybridized carbons (Fsp3) is 0.111. The van der Waals surface area contributed by atoms with Gasteiger partial charge >= 0.3 is 7.69 Å². The summed E-state index contributed by atoms with van der Waals surface area (Å²) >= 11 is 0. The van der Waals surface area contributed by atoms with E-state index in [9.17, 15) is 0 Å². The summed E-state index contributed by atoms with van der Waals surface area (Å²) in [4.78, 5) is 3.87. The van der Waals surface area contributed by atoms with E-state index in [0.29, 0.717) is 0 Å². The molecule has 0 saturated heterocycles. The van der Waals surface area contributed by atoms with Crippen LogP contribution in [0.15, 0.2) is 43.0 Å². The van der Waals surface area contributed by atoms with Crippen LogP contribution < -0.4 is 0 Å². The van der Waals surface area contributed by atoms with Crippen LogP contribution in [-0.2, 0) is 6.54 Å². The van der Waals surface area contributed by atoms with Crippen molar-refractivity contribution in [1.29, 1.82) is 0 Å². The van der Waals surface area contributed by atoms with E-state index in [1.165, 1.54) is 5.56 Å². The fourth-order valence-corrected chi connectivity index (χ4v) is 1.08. The first kappa shape index (κ1) is 11.4. The lowest BCUT2D eigenvalue weighted by atomic mass is 10.2. The van der Waals surface area contributed by atoms with E-state index >= 15 is 0 Å². The molecular weight excluding hydrogens is 193 g/mol. The van der Waals surface area contributed by atoms with Crippen LogP contribution in [-0.4, -0.2) is 32.5 Å². The van der Waals surface area contributed by atoms with E-state index in [1.807, 2.05) is 18.2 Å². The Hall–Kier alpha value is -1.66. The highest BCUT2D eigenvalue weighted by molar-refractivity contribution is 6.13. The standard InChI is InChI=1S/C9H9N3.BH2O2/c1-2-4-9(5-3-1)6-12-8-10-7-11-12;2-1-3/h1-5,7-8H,6H2;2-3H. The van der Waals surface area contributed by atoms with Crippen molar-refractivity contribution in [2.75, 3.05) is 0 Å². The van der Waals surface area contributed by atoms with Crippen molar-refractivity contribution in [3.05, 3.63) is 48.5 Å². The van der Waals surface area contributed by atoms with Crippen molar-refractivity contribution in [1.82, 2.24) is 14.8 Å². The van der Waals surface area contributed by atoms with Gasteiger partial charge in [0, 0.05) is 0 Å². The summed E-state index contributed by atoms with van der Waals surface area (Å²) in [7, 11) is 0. The first-order valence-electron chi connectivity index (χ1n) is 4.33. The molecule has 0 unspecified atom stereocenters. The van der Waals surface area contributed by atoms with E-state index in [1.54, 1.807) is 17.3 Å². The third-order valence-corrected chi connectivity index (χ3v) is 1.65. The van der Waals surface area contributed by atoms with Crippen LogP contribution in [0.4, 0.5) is 0 Å². The lowest BCUT2D eigenvalue weighted by Crippen LogP contribution is -1.98. The van der Waals surface area contributed by atoms with Gasteiger partial charge in [0.1, 0.15) is 12.7 Å². The minimum absolute atomic E-state index is 0. The molecule has 0 atom stereocenters. The summed E-state index contributed by atoms with van der Waals surface area (Å²) in [6.45, 7) is 0.792. The highest BCUT2D eigenvalue weighted by Crippen LogP contribution is 1.99. The molecule has 1 radical (unpaired) electrons. The molecule has 6 heteroatoms. The third-order valence-electron chi connectivity index (χ3n) is 1.65. The molecule has 2 rings (SSSR count). The predicted octanol–water partition coefficient (Wildman–Crippen LogP) is -0.168. The van der Waals surface area contributed by atoms with Crippen molar-refractivity contribution < 1.29 is 10.0 Å². The second-order valence-corrected chi connectivity index (χ2v) is 2.69. The summed E-state index contributed by atoms with van der Waals surface area (Å²) in [6.07, 6.45) is 3.26. The molecule has 1 heterocycles. The summed E-state index contributed by atoms with van der Waals surface area (Å²) in [5.41, 5.74) is 1.24. The molecule has 2 N–H and O–H groups in total. The number of aromatic nitrogens is 3. The number of hydrogen-bond donors (Lipinski definition) is 2. The smallest absolute Gasteiger partial charge is 0.429 e. The van der Waals surface area contributed by atoms with Gasteiger partial charge < -0.3 is 10.0 Å². The zero-order valence-corrected chi connectivity index (χ0v) is 8.06. The molecule has 0 fully saturated rings. The fourth-order valence-electron chi connectivity index (χ4n) is 1.08. The first-order chi connectivity index (χ1) is 7.36. The first-order valence-corrected chi connectivity index (χ1v) is 4.33. The van der Waals surface area contributed by atoms with Gasteiger partial charge in [0.15, 0.2) is 0 Å². The van der Waals surface area contributed by atoms with E-state index in [2.05, 4.69) is 22.2 Å². The van der Waals surface area contributed by atoms with E-state index in [4.69, 9.17) is 10.0 Å². The Balaban J connectivity index is 0.000000337. The van der Waals surface area contributed by atoms with Gasteiger partial charge in [0.2, 0.25) is 0 Å². The Labute approximate surface area is 88.3 Å². The minimum atomic E-state index is 0. The van der Waals surface area contributed by atoms with Crippen LogP contribution in [0.3, 0.4) is 0 Å². The summed E-state index contributed by atoms with van der Waals surface area (Å²) in [5, 5.41) is 18.0. The van der Waals surface area contributed by atoms with E-state index in [0.717, 1.165) is 6.54 Å². The van der Waals surface area contributed by atoms with E-state index in [-0.39, 0.29) is 7.69 Å². The normalized spacial score (nSPS) is 8.93. The Morgan fingerprint density at radius 2 is 1.87 bits per heavy atom. The summed E-state index contributed by atoms with van der Waals surface area (Å²) in [5.74, 6) is 0. The lowest BCUT2D eigenvalue weighted by Gasteiger charge is -1.98. The molecule has 2 aromatic rings. The third kappa shape index (κ3) is 4.39. The van der Waals surface area contributed by atoms with Crippen LogP contribution in [0.1, 0.15) is 5.56 Å². The molecule has 77 valence electrons. The molecule has 15 heavy (non-hydrogen) atoms. The molecule has 1 aromatic heterocycles. The molecule has 0 aliphatic carbocycles. The molecule has 0 saturated carbocycles. The second kappa shape index (κ2) is 6.75. The molecule has 5 nitrogen and oxygen atoms in total. The summed E-state index contributed by atoms with van der Waals surface area (Å²) < 4.78 is 1.80. The molecule has 0 aliphatic heterocycles. The quantitative estimate of drug-likeness (QED) is 0.666. The van der Waals surface area contributed by atoms with Crippen LogP contribution in [0.5, 0.6) is 0 Å². The van der Waals surface area contributed by atoms with Crippen molar-refractivity contribution >= 4 is 7.69 Å². The highest BCUT2D eigenvalue weighted by Gasteiger charge is 1.92. The highest BCUT2D eigenvalue weighted by atomic mass is 16.4. The number of rotatable bonds is 2. The van der Waals surface area contributed by atoms with Gasteiger partial charge in [-0.2, -0.15) is 5.10 Å². The van der Waals surface area contributed by atoms with Gasteiger partial charge in [-0.1, -0.05) is 30.3 Å². The maximum Gasteiger partial charge on any atom is 0.482 e. The summed E-state index contributed by atoms with van der Waals surface area (Å²) in [6, 6.07) is 10.2. The average Bonchev–Trinajstić information content (AvgIpc) is 2.73. The Morgan fingerprint density at radius 1 is 1.20 bits per heavy atom.